The fourth-order valence-electron chi connectivity index (χ4n) is 1.16. The Bertz CT molecular complexity index is 485. The number of hydrogen-bond acceptors (Lipinski definition) is 2. The second-order valence-corrected chi connectivity index (χ2v) is 3.45. The predicted molar refractivity (Wildman–Crippen MR) is 48.9 cm³/mol. The molecule has 2 aromatic rings. The number of hydrogen-bond donors (Lipinski definition) is 2. The van der Waals surface area contributed by atoms with E-state index in [1.807, 2.05) is 6.92 Å². The van der Waals surface area contributed by atoms with Crippen molar-refractivity contribution in [3.63, 3.8) is 0 Å². The van der Waals surface area contributed by atoms with Crippen molar-refractivity contribution in [2.75, 3.05) is 0 Å². The largest absolute Gasteiger partial charge is 0.476 e. The van der Waals surface area contributed by atoms with E-state index < -0.39 is 5.97 Å². The topological polar surface area (TPSA) is 70.4 Å². The van der Waals surface area contributed by atoms with Crippen molar-refractivity contribution in [2.24, 2.45) is 0 Å². The van der Waals surface area contributed by atoms with Crippen LogP contribution >= 0.6 is 15.9 Å². The molecule has 0 bridgehead atoms. The number of carboxylic acid groups (broad SMARTS) is 1. The van der Waals surface area contributed by atoms with E-state index in [4.69, 9.17) is 5.11 Å². The molecule has 0 amide bonds. The van der Waals surface area contributed by atoms with E-state index in [2.05, 4.69) is 26.0 Å². The molecule has 0 aromatic carbocycles. The van der Waals surface area contributed by atoms with Crippen molar-refractivity contribution >= 4 is 27.5 Å². The van der Waals surface area contributed by atoms with Crippen molar-refractivity contribution < 1.29 is 9.90 Å². The fraction of sp³-hybridized carbons (Fsp3) is 0.143. The quantitative estimate of drug-likeness (QED) is 0.797. The molecule has 0 fully saturated rings. The molecule has 2 rings (SSSR count). The molecule has 5 nitrogen and oxygen atoms in total. The maximum absolute atomic E-state index is 10.7. The third-order valence-corrected chi connectivity index (χ3v) is 2.74. The molecule has 0 aliphatic heterocycles. The summed E-state index contributed by atoms with van der Waals surface area (Å²) in [4.78, 5) is 14.7. The molecule has 2 aromatic heterocycles. The Labute approximate surface area is 81.5 Å². The number of aryl methyl sites for hydroxylation is 1. The van der Waals surface area contributed by atoms with Crippen LogP contribution in [0.2, 0.25) is 0 Å². The zero-order valence-corrected chi connectivity index (χ0v) is 8.29. The Hall–Kier alpha value is -1.30. The van der Waals surface area contributed by atoms with E-state index >= 15 is 0 Å². The summed E-state index contributed by atoms with van der Waals surface area (Å²) in [7, 11) is 0. The number of H-pyrrole nitrogens is 1. The van der Waals surface area contributed by atoms with E-state index in [0.717, 1.165) is 10.2 Å². The van der Waals surface area contributed by atoms with Gasteiger partial charge in [-0.15, -0.1) is 0 Å². The number of nitrogens with one attached hydrogen (secondary N) is 1. The van der Waals surface area contributed by atoms with Crippen LogP contribution in [0, 0.1) is 6.92 Å². The molecule has 0 saturated heterocycles. The van der Waals surface area contributed by atoms with Crippen molar-refractivity contribution in [1.82, 2.24) is 14.6 Å². The van der Waals surface area contributed by atoms with Crippen LogP contribution in [0.5, 0.6) is 0 Å². The van der Waals surface area contributed by atoms with Gasteiger partial charge in [-0.1, -0.05) is 0 Å². The van der Waals surface area contributed by atoms with Crippen LogP contribution in [0.1, 0.15) is 16.2 Å². The summed E-state index contributed by atoms with van der Waals surface area (Å²) in [6, 6.07) is 0. The average Bonchev–Trinajstić information content (AvgIpc) is 2.55. The van der Waals surface area contributed by atoms with Crippen LogP contribution in [-0.2, 0) is 0 Å². The molecule has 0 aliphatic rings. The van der Waals surface area contributed by atoms with Crippen LogP contribution in [-0.4, -0.2) is 25.7 Å². The fourth-order valence-corrected chi connectivity index (χ4v) is 1.52. The number of aromatic nitrogens is 3. The number of nitrogens with zero attached hydrogens (tertiary/aromatic N) is 2. The number of carboxylic acids is 1. The Morgan fingerprint density at radius 3 is 3.08 bits per heavy atom. The van der Waals surface area contributed by atoms with Gasteiger partial charge in [0.15, 0.2) is 11.3 Å². The number of fused-ring (bicyclic) bond motifs is 1. The highest BCUT2D eigenvalue weighted by molar-refractivity contribution is 9.10. The molecule has 68 valence electrons. The zero-order chi connectivity index (χ0) is 9.59. The Kier molecular flexibility index (Phi) is 1.66. The average molecular weight is 244 g/mol. The summed E-state index contributed by atoms with van der Waals surface area (Å²) in [5.74, 6) is -0.999. The molecule has 0 unspecified atom stereocenters. The van der Waals surface area contributed by atoms with Gasteiger partial charge in [0, 0.05) is 5.69 Å². The molecule has 13 heavy (non-hydrogen) atoms. The lowest BCUT2D eigenvalue weighted by Gasteiger charge is -1.89. The first-order valence-corrected chi connectivity index (χ1v) is 4.35. The number of halogens is 1. The minimum atomic E-state index is -0.999. The van der Waals surface area contributed by atoms with E-state index in [1.165, 1.54) is 10.7 Å². The van der Waals surface area contributed by atoms with Crippen molar-refractivity contribution in [3.05, 3.63) is 22.1 Å². The second kappa shape index (κ2) is 2.59. The van der Waals surface area contributed by atoms with Crippen LogP contribution in [0.4, 0.5) is 0 Å². The molecule has 2 N–H and O–H groups in total. The Morgan fingerprint density at radius 1 is 1.77 bits per heavy atom. The number of carbonyl (C=O) groups is 1. The van der Waals surface area contributed by atoms with E-state index in [9.17, 15) is 4.79 Å². The molecule has 0 saturated carbocycles. The molecule has 2 heterocycles. The van der Waals surface area contributed by atoms with E-state index in [1.54, 1.807) is 0 Å². The van der Waals surface area contributed by atoms with Gasteiger partial charge in [-0.05, 0) is 22.9 Å². The van der Waals surface area contributed by atoms with Gasteiger partial charge in [-0.2, -0.15) is 0 Å². The lowest BCUT2D eigenvalue weighted by molar-refractivity contribution is 0.0688. The molecule has 0 spiro atoms. The smallest absolute Gasteiger partial charge is 0.356 e. The van der Waals surface area contributed by atoms with Crippen molar-refractivity contribution in [3.8, 4) is 0 Å². The number of aromatic carboxylic acids is 1. The third-order valence-electron chi connectivity index (χ3n) is 1.79. The lowest BCUT2D eigenvalue weighted by Crippen LogP contribution is -2.01. The first kappa shape index (κ1) is 8.31. The summed E-state index contributed by atoms with van der Waals surface area (Å²) in [5.41, 5.74) is 1.57. The summed E-state index contributed by atoms with van der Waals surface area (Å²) in [5, 5.41) is 11.7. The highest BCUT2D eigenvalue weighted by atomic mass is 79.9. The van der Waals surface area contributed by atoms with Crippen molar-refractivity contribution in [1.29, 1.82) is 0 Å². The second-order valence-electron chi connectivity index (χ2n) is 2.66. The highest BCUT2D eigenvalue weighted by Crippen LogP contribution is 2.21. The SMILES string of the molecule is Cc1[nH]n2c(C(=O)O)cnc2c1Br. The van der Waals surface area contributed by atoms with Gasteiger partial charge in [-0.25, -0.2) is 14.3 Å². The molecular weight excluding hydrogens is 238 g/mol. The van der Waals surface area contributed by atoms with Gasteiger partial charge in [-0.3, -0.25) is 5.10 Å². The maximum atomic E-state index is 10.7. The number of rotatable bonds is 1. The van der Waals surface area contributed by atoms with Crippen LogP contribution in [0.25, 0.3) is 5.65 Å². The lowest BCUT2D eigenvalue weighted by atomic mass is 10.5. The van der Waals surface area contributed by atoms with Gasteiger partial charge >= 0.3 is 5.97 Å². The Morgan fingerprint density at radius 2 is 2.46 bits per heavy atom. The summed E-state index contributed by atoms with van der Waals surface area (Å²) in [6.07, 6.45) is 1.32. The first-order chi connectivity index (χ1) is 6.11. The summed E-state index contributed by atoms with van der Waals surface area (Å²) < 4.78 is 2.22. The molecule has 0 aliphatic carbocycles. The van der Waals surface area contributed by atoms with Crippen LogP contribution < -0.4 is 0 Å². The van der Waals surface area contributed by atoms with Crippen LogP contribution in [0.15, 0.2) is 10.7 Å². The summed E-state index contributed by atoms with van der Waals surface area (Å²) in [6.45, 7) is 1.84. The van der Waals surface area contributed by atoms with E-state index in [0.29, 0.717) is 5.65 Å². The number of aromatic amines is 1. The zero-order valence-electron chi connectivity index (χ0n) is 6.71. The van der Waals surface area contributed by atoms with Gasteiger partial charge in [0.05, 0.1) is 10.7 Å². The first-order valence-electron chi connectivity index (χ1n) is 3.56. The standard InChI is InChI=1S/C7H6BrN3O2/c1-3-5(8)6-9-2-4(7(12)13)11(6)10-3/h2,10H,1H3,(H,12,13). The van der Waals surface area contributed by atoms with Gasteiger partial charge in [0.1, 0.15) is 0 Å². The van der Waals surface area contributed by atoms with E-state index in [-0.39, 0.29) is 5.69 Å². The maximum Gasteiger partial charge on any atom is 0.356 e. The molecule has 0 atom stereocenters. The van der Waals surface area contributed by atoms with Crippen LogP contribution in [0.3, 0.4) is 0 Å². The molecule has 6 heteroatoms. The minimum absolute atomic E-state index is 0.129. The molecular formula is C7H6BrN3O2. The van der Waals surface area contributed by atoms with Gasteiger partial charge in [0.25, 0.3) is 0 Å². The Balaban J connectivity index is 2.82. The summed E-state index contributed by atoms with van der Waals surface area (Å²) >= 11 is 3.31. The third kappa shape index (κ3) is 1.06. The normalized spacial score (nSPS) is 10.9. The minimum Gasteiger partial charge on any atom is -0.476 e. The van der Waals surface area contributed by atoms with Gasteiger partial charge < -0.3 is 5.11 Å². The molecule has 0 radical (unpaired) electrons. The van der Waals surface area contributed by atoms with Gasteiger partial charge in [0.2, 0.25) is 0 Å². The van der Waals surface area contributed by atoms with Crippen molar-refractivity contribution in [2.45, 2.75) is 6.92 Å². The monoisotopic (exact) mass is 243 g/mol. The highest BCUT2D eigenvalue weighted by Gasteiger charge is 2.15. The number of imidazole rings is 1. The predicted octanol–water partition coefficient (Wildman–Crippen LogP) is 1.43.